The number of rotatable bonds is 4. The molecule has 1 heterocycles. The van der Waals surface area contributed by atoms with E-state index in [0.29, 0.717) is 26.2 Å². The van der Waals surface area contributed by atoms with Crippen LogP contribution in [0.15, 0.2) is 42.5 Å². The molecule has 0 aromatic heterocycles. The number of carbonyl (C=O) groups is 1. The van der Waals surface area contributed by atoms with Crippen molar-refractivity contribution in [3.8, 4) is 0 Å². The predicted molar refractivity (Wildman–Crippen MR) is 84.2 cm³/mol. The first kappa shape index (κ1) is 14.2. The van der Waals surface area contributed by atoms with E-state index in [1.807, 2.05) is 24.3 Å². The largest absolute Gasteiger partial charge is 0.381 e. The van der Waals surface area contributed by atoms with Gasteiger partial charge < -0.3 is 10.5 Å². The fraction of sp³-hybridized carbons (Fsp3) is 0.389. The minimum atomic E-state index is -0.394. The summed E-state index contributed by atoms with van der Waals surface area (Å²) >= 11 is 0. The Morgan fingerprint density at radius 3 is 2.57 bits per heavy atom. The fourth-order valence-electron chi connectivity index (χ4n) is 3.17. The number of nitrogens with two attached hydrogens (primary N) is 1. The molecule has 0 bridgehead atoms. The van der Waals surface area contributed by atoms with Gasteiger partial charge in [-0.25, -0.2) is 0 Å². The summed E-state index contributed by atoms with van der Waals surface area (Å²) in [5.41, 5.74) is 6.63. The lowest BCUT2D eigenvalue weighted by Gasteiger charge is -2.34. The van der Waals surface area contributed by atoms with E-state index in [1.54, 1.807) is 0 Å². The summed E-state index contributed by atoms with van der Waals surface area (Å²) in [5.74, 6) is 0.254. The Morgan fingerprint density at radius 2 is 1.81 bits per heavy atom. The molecule has 1 saturated heterocycles. The molecule has 2 aromatic rings. The Balaban J connectivity index is 1.89. The number of benzene rings is 2. The lowest BCUT2D eigenvalue weighted by Crippen LogP contribution is -2.44. The molecule has 0 radical (unpaired) electrons. The molecule has 3 heteroatoms. The van der Waals surface area contributed by atoms with E-state index < -0.39 is 5.41 Å². The maximum atomic E-state index is 12.8. The molecule has 2 N–H and O–H groups in total. The van der Waals surface area contributed by atoms with Gasteiger partial charge in [0.25, 0.3) is 0 Å². The van der Waals surface area contributed by atoms with Crippen molar-refractivity contribution in [1.82, 2.24) is 0 Å². The van der Waals surface area contributed by atoms with Crippen LogP contribution in [-0.4, -0.2) is 25.5 Å². The highest BCUT2D eigenvalue weighted by Gasteiger charge is 2.38. The minimum Gasteiger partial charge on any atom is -0.381 e. The van der Waals surface area contributed by atoms with Gasteiger partial charge in [-0.15, -0.1) is 0 Å². The molecule has 2 aromatic carbocycles. The third-order valence-electron chi connectivity index (χ3n) is 4.66. The number of fused-ring (bicyclic) bond motifs is 1. The van der Waals surface area contributed by atoms with Crippen LogP contribution in [0.25, 0.3) is 10.8 Å². The van der Waals surface area contributed by atoms with Crippen LogP contribution in [0.2, 0.25) is 0 Å². The van der Waals surface area contributed by atoms with E-state index in [4.69, 9.17) is 10.5 Å². The fourth-order valence-corrected chi connectivity index (χ4v) is 3.17. The molecule has 0 aliphatic carbocycles. The van der Waals surface area contributed by atoms with Crippen molar-refractivity contribution in [2.24, 2.45) is 11.1 Å². The van der Waals surface area contributed by atoms with Gasteiger partial charge in [-0.3, -0.25) is 4.79 Å². The Kier molecular flexibility index (Phi) is 4.04. The van der Waals surface area contributed by atoms with Crippen molar-refractivity contribution < 1.29 is 9.53 Å². The molecule has 1 aliphatic rings. The standard InChI is InChI=1S/C18H21NO2/c19-13-18(8-10-21-11-9-18)17(20)12-15-6-3-5-14-4-1-2-7-16(14)15/h1-7H,8-13,19H2. The predicted octanol–water partition coefficient (Wildman–Crippen LogP) is 2.71. The summed E-state index contributed by atoms with van der Waals surface area (Å²) in [6, 6.07) is 14.3. The van der Waals surface area contributed by atoms with Gasteiger partial charge in [0, 0.05) is 31.6 Å². The molecule has 1 aliphatic heterocycles. The van der Waals surface area contributed by atoms with Crippen molar-refractivity contribution in [1.29, 1.82) is 0 Å². The van der Waals surface area contributed by atoms with Crippen molar-refractivity contribution in [3.05, 3.63) is 48.0 Å². The highest BCUT2D eigenvalue weighted by Crippen LogP contribution is 2.32. The lowest BCUT2D eigenvalue weighted by atomic mass is 9.74. The van der Waals surface area contributed by atoms with Crippen LogP contribution in [0.1, 0.15) is 18.4 Å². The van der Waals surface area contributed by atoms with E-state index in [1.165, 1.54) is 5.39 Å². The summed E-state index contributed by atoms with van der Waals surface area (Å²) in [6.45, 7) is 1.69. The molecule has 1 fully saturated rings. The van der Waals surface area contributed by atoms with Crippen molar-refractivity contribution in [2.45, 2.75) is 19.3 Å². The number of ketones is 1. The van der Waals surface area contributed by atoms with Crippen LogP contribution in [0.4, 0.5) is 0 Å². The average Bonchev–Trinajstić information content (AvgIpc) is 2.56. The molecular formula is C18H21NO2. The maximum Gasteiger partial charge on any atom is 0.144 e. The second kappa shape index (κ2) is 5.96. The van der Waals surface area contributed by atoms with Gasteiger partial charge in [-0.1, -0.05) is 42.5 Å². The molecule has 0 saturated carbocycles. The maximum absolute atomic E-state index is 12.8. The third kappa shape index (κ3) is 2.71. The summed E-state index contributed by atoms with van der Waals surface area (Å²) in [6.07, 6.45) is 1.94. The Morgan fingerprint density at radius 1 is 1.10 bits per heavy atom. The van der Waals surface area contributed by atoms with Crippen LogP contribution >= 0.6 is 0 Å². The molecule has 0 amide bonds. The zero-order valence-corrected chi connectivity index (χ0v) is 12.2. The quantitative estimate of drug-likeness (QED) is 0.938. The highest BCUT2D eigenvalue weighted by molar-refractivity contribution is 5.93. The molecule has 110 valence electrons. The van der Waals surface area contributed by atoms with Gasteiger partial charge in [0.1, 0.15) is 5.78 Å². The zero-order chi connectivity index (χ0) is 14.7. The van der Waals surface area contributed by atoms with E-state index in [0.717, 1.165) is 23.8 Å². The Labute approximate surface area is 125 Å². The molecule has 0 atom stereocenters. The van der Waals surface area contributed by atoms with Gasteiger partial charge in [0.15, 0.2) is 0 Å². The SMILES string of the molecule is NCC1(C(=O)Cc2cccc3ccccc23)CCOCC1. The zero-order valence-electron chi connectivity index (χ0n) is 12.2. The van der Waals surface area contributed by atoms with Crippen molar-refractivity contribution in [3.63, 3.8) is 0 Å². The number of carbonyl (C=O) groups excluding carboxylic acids is 1. The van der Waals surface area contributed by atoms with Crippen LogP contribution in [0, 0.1) is 5.41 Å². The van der Waals surface area contributed by atoms with Gasteiger partial charge in [0.2, 0.25) is 0 Å². The normalized spacial score (nSPS) is 17.8. The molecule has 3 nitrogen and oxygen atoms in total. The summed E-state index contributed by atoms with van der Waals surface area (Å²) in [5, 5.41) is 2.34. The molecule has 21 heavy (non-hydrogen) atoms. The second-order valence-corrected chi connectivity index (χ2v) is 5.84. The monoisotopic (exact) mass is 283 g/mol. The molecule has 0 spiro atoms. The highest BCUT2D eigenvalue weighted by atomic mass is 16.5. The first-order chi connectivity index (χ1) is 10.2. The summed E-state index contributed by atoms with van der Waals surface area (Å²) in [7, 11) is 0. The Bertz CT molecular complexity index is 639. The van der Waals surface area contributed by atoms with Crippen molar-refractivity contribution >= 4 is 16.6 Å². The van der Waals surface area contributed by atoms with Gasteiger partial charge >= 0.3 is 0 Å². The first-order valence-corrected chi connectivity index (χ1v) is 7.53. The smallest absolute Gasteiger partial charge is 0.144 e. The number of hydrogen-bond donors (Lipinski definition) is 1. The second-order valence-electron chi connectivity index (χ2n) is 5.84. The van der Waals surface area contributed by atoms with Gasteiger partial charge in [0.05, 0.1) is 0 Å². The van der Waals surface area contributed by atoms with Crippen molar-refractivity contribution in [2.75, 3.05) is 19.8 Å². The topological polar surface area (TPSA) is 52.3 Å². The van der Waals surface area contributed by atoms with E-state index >= 15 is 0 Å². The molecule has 3 rings (SSSR count). The first-order valence-electron chi connectivity index (χ1n) is 7.53. The number of Topliss-reactive ketones (excluding diaryl/α,β-unsaturated/α-hetero) is 1. The Hall–Kier alpha value is -1.71. The van der Waals surface area contributed by atoms with Crippen LogP contribution in [0.5, 0.6) is 0 Å². The third-order valence-corrected chi connectivity index (χ3v) is 4.66. The summed E-state index contributed by atoms with van der Waals surface area (Å²) < 4.78 is 5.39. The lowest BCUT2D eigenvalue weighted by molar-refractivity contribution is -0.132. The molecule has 0 unspecified atom stereocenters. The minimum absolute atomic E-state index is 0.254. The number of ether oxygens (including phenoxy) is 1. The molecular weight excluding hydrogens is 262 g/mol. The van der Waals surface area contributed by atoms with Crippen LogP contribution < -0.4 is 5.73 Å². The van der Waals surface area contributed by atoms with Gasteiger partial charge in [-0.2, -0.15) is 0 Å². The van der Waals surface area contributed by atoms with Crippen LogP contribution in [0.3, 0.4) is 0 Å². The summed E-state index contributed by atoms with van der Waals surface area (Å²) in [4.78, 5) is 12.8. The van der Waals surface area contributed by atoms with E-state index in [-0.39, 0.29) is 5.78 Å². The van der Waals surface area contributed by atoms with Gasteiger partial charge in [-0.05, 0) is 29.2 Å². The number of hydrogen-bond acceptors (Lipinski definition) is 3. The average molecular weight is 283 g/mol. The van der Waals surface area contributed by atoms with Crippen LogP contribution in [-0.2, 0) is 16.0 Å². The van der Waals surface area contributed by atoms with E-state index in [2.05, 4.69) is 18.2 Å². The van der Waals surface area contributed by atoms with E-state index in [9.17, 15) is 4.79 Å².